The predicted molar refractivity (Wildman–Crippen MR) is 86.7 cm³/mol. The molecule has 0 saturated heterocycles. The molecule has 0 spiro atoms. The fourth-order valence-electron chi connectivity index (χ4n) is 2.45. The van der Waals surface area contributed by atoms with Gasteiger partial charge in [-0.05, 0) is 24.3 Å². The van der Waals surface area contributed by atoms with Crippen LogP contribution in [0.5, 0.6) is 0 Å². The summed E-state index contributed by atoms with van der Waals surface area (Å²) in [4.78, 5) is 12.6. The van der Waals surface area contributed by atoms with Crippen molar-refractivity contribution in [1.29, 1.82) is 0 Å². The third kappa shape index (κ3) is 2.40. The zero-order chi connectivity index (χ0) is 16.8. The first kappa shape index (κ1) is 15.6. The first-order chi connectivity index (χ1) is 10.8. The summed E-state index contributed by atoms with van der Waals surface area (Å²) in [6, 6.07) is 12.1. The van der Waals surface area contributed by atoms with Crippen LogP contribution in [-0.4, -0.2) is 30.7 Å². The van der Waals surface area contributed by atoms with Crippen LogP contribution in [0.2, 0.25) is 5.02 Å². The number of aliphatic hydroxyl groups excluding tert-OH is 1. The summed E-state index contributed by atoms with van der Waals surface area (Å²) in [6.45, 7) is 0. The normalized spacial score (nSPS) is 16.2. The van der Waals surface area contributed by atoms with Crippen LogP contribution in [0.3, 0.4) is 0 Å². The quantitative estimate of drug-likeness (QED) is 0.845. The minimum absolute atomic E-state index is 0.0392. The molecule has 0 atom stereocenters. The number of allylic oxidation sites excluding steroid dienone is 1. The molecule has 0 aliphatic carbocycles. The van der Waals surface area contributed by atoms with Gasteiger partial charge in [0.2, 0.25) is 5.78 Å². The smallest absolute Gasteiger partial charge is 0.265 e. The molecule has 0 unspecified atom stereocenters. The number of carbonyl (C=O) groups is 1. The molecule has 0 amide bonds. The third-order valence-corrected chi connectivity index (χ3v) is 5.67. The Bertz CT molecular complexity index is 950. The predicted octanol–water partition coefficient (Wildman–Crippen LogP) is 3.08. The summed E-state index contributed by atoms with van der Waals surface area (Å²) in [5.74, 6) is -0.992. The monoisotopic (exact) mass is 349 g/mol. The van der Waals surface area contributed by atoms with Gasteiger partial charge in [-0.15, -0.1) is 0 Å². The number of Topliss-reactive ketones (excluding diaryl/α,β-unsaturated/α-hetero) is 1. The fraction of sp³-hybridized carbons (Fsp3) is 0.0625. The fourth-order valence-corrected chi connectivity index (χ4v) is 4.04. The first-order valence-corrected chi connectivity index (χ1v) is 8.47. The van der Waals surface area contributed by atoms with Gasteiger partial charge in [-0.3, -0.25) is 9.10 Å². The van der Waals surface area contributed by atoms with Gasteiger partial charge in [0.1, 0.15) is 5.70 Å². The molecule has 118 valence electrons. The number of benzene rings is 2. The SMILES string of the molecule is CN1C(C(=O)c2cccc(Cl)c2)=C(O)c2ccccc2S1(=O)=O. The van der Waals surface area contributed by atoms with Crippen molar-refractivity contribution in [3.63, 3.8) is 0 Å². The molecule has 23 heavy (non-hydrogen) atoms. The Morgan fingerprint density at radius 1 is 1.13 bits per heavy atom. The topological polar surface area (TPSA) is 74.7 Å². The van der Waals surface area contributed by atoms with E-state index in [0.717, 1.165) is 4.31 Å². The number of hydrogen-bond donors (Lipinski definition) is 1. The van der Waals surface area contributed by atoms with Crippen molar-refractivity contribution in [3.05, 3.63) is 70.4 Å². The maximum absolute atomic E-state index is 12.7. The number of carbonyl (C=O) groups excluding carboxylic acids is 1. The van der Waals surface area contributed by atoms with Gasteiger partial charge in [-0.25, -0.2) is 8.42 Å². The molecule has 1 aliphatic heterocycles. The van der Waals surface area contributed by atoms with E-state index in [0.29, 0.717) is 5.02 Å². The van der Waals surface area contributed by atoms with Crippen LogP contribution >= 0.6 is 11.6 Å². The zero-order valence-electron chi connectivity index (χ0n) is 12.0. The summed E-state index contributed by atoms with van der Waals surface area (Å²) in [6.07, 6.45) is 0. The van der Waals surface area contributed by atoms with E-state index in [-0.39, 0.29) is 27.5 Å². The molecule has 0 bridgehead atoms. The standard InChI is InChI=1S/C16H12ClNO4S/c1-18-14(15(19)10-5-4-6-11(17)9-10)16(20)12-7-2-3-8-13(12)23(18,21)22/h2-9,20H,1H3. The lowest BCUT2D eigenvalue weighted by atomic mass is 10.0. The second-order valence-electron chi connectivity index (χ2n) is 5.01. The Kier molecular flexibility index (Phi) is 3.66. The molecule has 0 saturated carbocycles. The van der Waals surface area contributed by atoms with Gasteiger partial charge in [0, 0.05) is 23.2 Å². The molecule has 1 aliphatic rings. The second kappa shape index (κ2) is 5.40. The van der Waals surface area contributed by atoms with E-state index in [2.05, 4.69) is 0 Å². The van der Waals surface area contributed by atoms with Gasteiger partial charge < -0.3 is 5.11 Å². The lowest BCUT2D eigenvalue weighted by molar-refractivity contribution is 0.101. The van der Waals surface area contributed by atoms with Crippen LogP contribution < -0.4 is 0 Å². The van der Waals surface area contributed by atoms with E-state index < -0.39 is 15.8 Å². The van der Waals surface area contributed by atoms with E-state index in [4.69, 9.17) is 11.6 Å². The Morgan fingerprint density at radius 3 is 2.52 bits per heavy atom. The van der Waals surface area contributed by atoms with E-state index in [1.54, 1.807) is 24.3 Å². The summed E-state index contributed by atoms with van der Waals surface area (Å²) in [5, 5.41) is 10.8. The summed E-state index contributed by atoms with van der Waals surface area (Å²) in [5.41, 5.74) is 0.00225. The highest BCUT2D eigenvalue weighted by molar-refractivity contribution is 7.89. The molecular weight excluding hydrogens is 338 g/mol. The van der Waals surface area contributed by atoms with Crippen LogP contribution in [0.15, 0.2) is 59.1 Å². The molecule has 0 fully saturated rings. The molecule has 0 radical (unpaired) electrons. The van der Waals surface area contributed by atoms with E-state index in [9.17, 15) is 18.3 Å². The second-order valence-corrected chi connectivity index (χ2v) is 7.38. The van der Waals surface area contributed by atoms with Gasteiger partial charge in [-0.2, -0.15) is 0 Å². The van der Waals surface area contributed by atoms with Crippen molar-refractivity contribution in [2.45, 2.75) is 4.90 Å². The average Bonchev–Trinajstić information content (AvgIpc) is 2.53. The summed E-state index contributed by atoms with van der Waals surface area (Å²) >= 11 is 5.88. The average molecular weight is 350 g/mol. The minimum atomic E-state index is -3.90. The minimum Gasteiger partial charge on any atom is -0.505 e. The van der Waals surface area contributed by atoms with Crippen LogP contribution in [0, 0.1) is 0 Å². The van der Waals surface area contributed by atoms with Gasteiger partial charge in [0.25, 0.3) is 10.0 Å². The third-order valence-electron chi connectivity index (χ3n) is 3.62. The highest BCUT2D eigenvalue weighted by Gasteiger charge is 2.37. The van der Waals surface area contributed by atoms with Crippen LogP contribution in [-0.2, 0) is 10.0 Å². The summed E-state index contributed by atoms with van der Waals surface area (Å²) < 4.78 is 25.9. The van der Waals surface area contributed by atoms with Gasteiger partial charge in [0.15, 0.2) is 5.76 Å². The first-order valence-electron chi connectivity index (χ1n) is 6.66. The molecule has 2 aromatic carbocycles. The number of sulfonamides is 1. The number of nitrogens with zero attached hydrogens (tertiary/aromatic N) is 1. The molecule has 1 heterocycles. The molecule has 3 rings (SSSR count). The van der Waals surface area contributed by atoms with Crippen molar-refractivity contribution in [2.24, 2.45) is 0 Å². The highest BCUT2D eigenvalue weighted by Crippen LogP contribution is 2.35. The zero-order valence-corrected chi connectivity index (χ0v) is 13.6. The van der Waals surface area contributed by atoms with Crippen molar-refractivity contribution >= 4 is 33.2 Å². The van der Waals surface area contributed by atoms with E-state index >= 15 is 0 Å². The lowest BCUT2D eigenvalue weighted by Gasteiger charge is -2.28. The number of hydrogen-bond acceptors (Lipinski definition) is 4. The number of halogens is 1. The van der Waals surface area contributed by atoms with Gasteiger partial charge in [-0.1, -0.05) is 35.9 Å². The Balaban J connectivity index is 2.24. The van der Waals surface area contributed by atoms with Gasteiger partial charge >= 0.3 is 0 Å². The molecule has 5 nitrogen and oxygen atoms in total. The molecule has 7 heteroatoms. The maximum Gasteiger partial charge on any atom is 0.265 e. The number of rotatable bonds is 2. The Labute approximate surface area is 138 Å². The maximum atomic E-state index is 12.7. The Hall–Kier alpha value is -2.31. The van der Waals surface area contributed by atoms with Crippen molar-refractivity contribution in [3.8, 4) is 0 Å². The van der Waals surface area contributed by atoms with E-state index in [1.807, 2.05) is 0 Å². The van der Waals surface area contributed by atoms with Crippen LogP contribution in [0.1, 0.15) is 15.9 Å². The number of aliphatic hydroxyl groups is 1. The van der Waals surface area contributed by atoms with Crippen LogP contribution in [0.25, 0.3) is 5.76 Å². The number of fused-ring (bicyclic) bond motifs is 1. The molecule has 0 aromatic heterocycles. The largest absolute Gasteiger partial charge is 0.505 e. The molecule has 1 N–H and O–H groups in total. The van der Waals surface area contributed by atoms with Gasteiger partial charge in [0.05, 0.1) is 4.90 Å². The highest BCUT2D eigenvalue weighted by atomic mass is 35.5. The van der Waals surface area contributed by atoms with Crippen LogP contribution in [0.4, 0.5) is 0 Å². The van der Waals surface area contributed by atoms with Crippen molar-refractivity contribution < 1.29 is 18.3 Å². The van der Waals surface area contributed by atoms with Crippen molar-refractivity contribution in [1.82, 2.24) is 4.31 Å². The number of likely N-dealkylation sites (N-methyl/N-ethyl adjacent to an activating group) is 1. The molecular formula is C16H12ClNO4S. The lowest BCUT2D eigenvalue weighted by Crippen LogP contribution is -2.35. The number of ketones is 1. The van der Waals surface area contributed by atoms with E-state index in [1.165, 1.54) is 31.3 Å². The van der Waals surface area contributed by atoms with Crippen molar-refractivity contribution in [2.75, 3.05) is 7.05 Å². The summed E-state index contributed by atoms with van der Waals surface area (Å²) in [7, 11) is -2.67. The molecule has 2 aromatic rings. The Morgan fingerprint density at radius 2 is 1.83 bits per heavy atom.